The molecule has 0 atom stereocenters. The summed E-state index contributed by atoms with van der Waals surface area (Å²) in [4.78, 5) is 0. The van der Waals surface area contributed by atoms with E-state index < -0.39 is 10.0 Å². The Kier molecular flexibility index (Phi) is 3.21. The lowest BCUT2D eigenvalue weighted by Gasteiger charge is -2.09. The molecule has 5 nitrogen and oxygen atoms in total. The molecule has 2 aromatic rings. The van der Waals surface area contributed by atoms with Crippen molar-refractivity contribution >= 4 is 31.6 Å². The molecule has 17 heavy (non-hydrogen) atoms. The molecule has 90 valence electrons. The summed E-state index contributed by atoms with van der Waals surface area (Å²) in [6.45, 7) is 1.89. The molecule has 0 aliphatic rings. The van der Waals surface area contributed by atoms with E-state index in [1.54, 1.807) is 12.1 Å². The Labute approximate surface area is 107 Å². The molecule has 0 saturated heterocycles. The highest BCUT2D eigenvalue weighted by molar-refractivity contribution is 9.10. The maximum Gasteiger partial charge on any atom is 0.278 e. The summed E-state index contributed by atoms with van der Waals surface area (Å²) in [6, 6.07) is 6.75. The number of hydrogen-bond donors (Lipinski definition) is 2. The second-order valence-electron chi connectivity index (χ2n) is 3.46. The normalized spacial score (nSPS) is 11.4. The predicted molar refractivity (Wildman–Crippen MR) is 68.3 cm³/mol. The third-order valence-corrected chi connectivity index (χ3v) is 4.55. The number of H-pyrrole nitrogens is 1. The van der Waals surface area contributed by atoms with Crippen LogP contribution in [0.2, 0.25) is 0 Å². The number of aromatic nitrogens is 2. The summed E-state index contributed by atoms with van der Waals surface area (Å²) < 4.78 is 27.1. The molecular weight excluding hydrogens is 306 g/mol. The number of aromatic amines is 1. The second-order valence-corrected chi connectivity index (χ2v) is 5.91. The smallest absolute Gasteiger partial charge is 0.277 e. The Morgan fingerprint density at radius 1 is 1.35 bits per heavy atom. The van der Waals surface area contributed by atoms with Gasteiger partial charge in [0.2, 0.25) is 0 Å². The summed E-state index contributed by atoms with van der Waals surface area (Å²) in [6.07, 6.45) is 1.39. The lowest BCUT2D eigenvalue weighted by Crippen LogP contribution is -2.14. The topological polar surface area (TPSA) is 74.8 Å². The van der Waals surface area contributed by atoms with Gasteiger partial charge in [-0.2, -0.15) is 13.5 Å². The Balaban J connectivity index is 2.37. The average Bonchev–Trinajstić information content (AvgIpc) is 2.78. The maximum absolute atomic E-state index is 11.9. The first-order valence-corrected chi connectivity index (χ1v) is 7.05. The average molecular weight is 316 g/mol. The van der Waals surface area contributed by atoms with Crippen LogP contribution in [0.3, 0.4) is 0 Å². The van der Waals surface area contributed by atoms with Gasteiger partial charge in [0.25, 0.3) is 10.0 Å². The van der Waals surface area contributed by atoms with Gasteiger partial charge in [0.1, 0.15) is 0 Å². The monoisotopic (exact) mass is 315 g/mol. The predicted octanol–water partition coefficient (Wildman–Crippen LogP) is 2.28. The maximum atomic E-state index is 11.9. The summed E-state index contributed by atoms with van der Waals surface area (Å²) in [5.41, 5.74) is 1.45. The highest BCUT2D eigenvalue weighted by Crippen LogP contribution is 2.27. The number of rotatable bonds is 3. The molecule has 0 bridgehead atoms. The Morgan fingerprint density at radius 3 is 2.76 bits per heavy atom. The lowest BCUT2D eigenvalue weighted by atomic mass is 10.2. The molecule has 1 aromatic carbocycles. The second kappa shape index (κ2) is 4.50. The molecule has 2 rings (SSSR count). The molecule has 0 spiro atoms. The molecule has 0 aliphatic carbocycles. The molecule has 0 saturated carbocycles. The zero-order valence-corrected chi connectivity index (χ0v) is 11.3. The van der Waals surface area contributed by atoms with Crippen molar-refractivity contribution in [3.8, 4) is 0 Å². The first kappa shape index (κ1) is 12.1. The van der Waals surface area contributed by atoms with Crippen LogP contribution in [0, 0.1) is 6.92 Å². The van der Waals surface area contributed by atoms with Crippen molar-refractivity contribution in [2.75, 3.05) is 4.72 Å². The van der Waals surface area contributed by atoms with E-state index in [0.717, 1.165) is 10.0 Å². The lowest BCUT2D eigenvalue weighted by molar-refractivity contribution is 0.597. The molecule has 7 heteroatoms. The zero-order valence-electron chi connectivity index (χ0n) is 8.94. The third-order valence-electron chi connectivity index (χ3n) is 2.20. The number of hydrogen-bond acceptors (Lipinski definition) is 3. The molecule has 0 aliphatic heterocycles. The highest BCUT2D eigenvalue weighted by Gasteiger charge is 2.17. The van der Waals surface area contributed by atoms with Crippen LogP contribution in [0.4, 0.5) is 5.69 Å². The van der Waals surface area contributed by atoms with Crippen LogP contribution in [0.25, 0.3) is 0 Å². The van der Waals surface area contributed by atoms with Crippen LogP contribution in [-0.4, -0.2) is 18.6 Å². The van der Waals surface area contributed by atoms with Gasteiger partial charge in [-0.1, -0.05) is 12.1 Å². The van der Waals surface area contributed by atoms with Crippen molar-refractivity contribution in [3.63, 3.8) is 0 Å². The van der Waals surface area contributed by atoms with Crippen LogP contribution in [0.1, 0.15) is 5.56 Å². The largest absolute Gasteiger partial charge is 0.278 e. The van der Waals surface area contributed by atoms with Crippen molar-refractivity contribution in [2.45, 2.75) is 11.9 Å². The van der Waals surface area contributed by atoms with Gasteiger partial charge in [-0.15, -0.1) is 0 Å². The number of nitrogens with one attached hydrogen (secondary N) is 2. The van der Waals surface area contributed by atoms with Crippen LogP contribution >= 0.6 is 15.9 Å². The number of halogens is 1. The quantitative estimate of drug-likeness (QED) is 0.912. The van der Waals surface area contributed by atoms with E-state index >= 15 is 0 Å². The minimum Gasteiger partial charge on any atom is -0.277 e. The minimum atomic E-state index is -3.61. The summed E-state index contributed by atoms with van der Waals surface area (Å²) in [5, 5.41) is 6.06. The van der Waals surface area contributed by atoms with Gasteiger partial charge in [-0.3, -0.25) is 9.82 Å². The minimum absolute atomic E-state index is 0.0332. The molecule has 0 fully saturated rings. The molecule has 0 radical (unpaired) electrons. The first-order chi connectivity index (χ1) is 8.00. The van der Waals surface area contributed by atoms with Crippen LogP contribution in [0.15, 0.2) is 40.0 Å². The number of benzene rings is 1. The van der Waals surface area contributed by atoms with Gasteiger partial charge in [-0.05, 0) is 40.5 Å². The SMILES string of the molecule is Cc1cccc(NS(=O)(=O)c2ccn[nH]2)c1Br. The van der Waals surface area contributed by atoms with Gasteiger partial charge >= 0.3 is 0 Å². The van der Waals surface area contributed by atoms with Crippen molar-refractivity contribution < 1.29 is 8.42 Å². The van der Waals surface area contributed by atoms with Crippen LogP contribution in [-0.2, 0) is 10.0 Å². The van der Waals surface area contributed by atoms with Gasteiger partial charge in [0.15, 0.2) is 5.03 Å². The van der Waals surface area contributed by atoms with E-state index in [4.69, 9.17) is 0 Å². The fraction of sp³-hybridized carbons (Fsp3) is 0.100. The number of anilines is 1. The van der Waals surface area contributed by atoms with E-state index in [0.29, 0.717) is 5.69 Å². The van der Waals surface area contributed by atoms with Gasteiger partial charge in [0, 0.05) is 4.47 Å². The van der Waals surface area contributed by atoms with E-state index in [-0.39, 0.29) is 5.03 Å². The Bertz CT molecular complexity index is 623. The van der Waals surface area contributed by atoms with E-state index in [1.807, 2.05) is 13.0 Å². The molecular formula is C10H10BrN3O2S. The number of aryl methyl sites for hydroxylation is 1. The summed E-state index contributed by atoms with van der Waals surface area (Å²) in [5.74, 6) is 0. The van der Waals surface area contributed by atoms with Gasteiger partial charge in [-0.25, -0.2) is 0 Å². The fourth-order valence-electron chi connectivity index (χ4n) is 1.32. The van der Waals surface area contributed by atoms with Crippen molar-refractivity contribution in [3.05, 3.63) is 40.5 Å². The number of sulfonamides is 1. The van der Waals surface area contributed by atoms with Crippen molar-refractivity contribution in [2.24, 2.45) is 0 Å². The first-order valence-electron chi connectivity index (χ1n) is 4.78. The number of nitrogens with zero attached hydrogens (tertiary/aromatic N) is 1. The van der Waals surface area contributed by atoms with E-state index in [9.17, 15) is 8.42 Å². The highest BCUT2D eigenvalue weighted by atomic mass is 79.9. The Morgan fingerprint density at radius 2 is 2.12 bits per heavy atom. The van der Waals surface area contributed by atoms with Gasteiger partial charge in [0.05, 0.1) is 11.9 Å². The van der Waals surface area contributed by atoms with Crippen molar-refractivity contribution in [1.82, 2.24) is 10.2 Å². The van der Waals surface area contributed by atoms with Crippen LogP contribution in [0.5, 0.6) is 0 Å². The van der Waals surface area contributed by atoms with Crippen molar-refractivity contribution in [1.29, 1.82) is 0 Å². The Hall–Kier alpha value is -1.34. The molecule has 1 heterocycles. The standard InChI is InChI=1S/C10H10BrN3O2S/c1-7-3-2-4-8(10(7)11)14-17(15,16)9-5-6-12-13-9/h2-6,14H,1H3,(H,12,13). The molecule has 0 unspecified atom stereocenters. The zero-order chi connectivity index (χ0) is 12.5. The molecule has 2 N–H and O–H groups in total. The third kappa shape index (κ3) is 2.50. The van der Waals surface area contributed by atoms with Crippen LogP contribution < -0.4 is 4.72 Å². The fourth-order valence-corrected chi connectivity index (χ4v) is 2.80. The van der Waals surface area contributed by atoms with E-state index in [1.165, 1.54) is 12.3 Å². The van der Waals surface area contributed by atoms with E-state index in [2.05, 4.69) is 30.8 Å². The molecule has 0 amide bonds. The molecule has 1 aromatic heterocycles. The summed E-state index contributed by atoms with van der Waals surface area (Å²) >= 11 is 3.34. The van der Waals surface area contributed by atoms with Gasteiger partial charge < -0.3 is 0 Å². The summed E-state index contributed by atoms with van der Waals surface area (Å²) in [7, 11) is -3.61.